The summed E-state index contributed by atoms with van der Waals surface area (Å²) in [5, 5.41) is 7.38. The van der Waals surface area contributed by atoms with E-state index in [0.29, 0.717) is 30.7 Å². The minimum Gasteiger partial charge on any atom is -0.461 e. The topological polar surface area (TPSA) is 133 Å². The first-order chi connectivity index (χ1) is 19.3. The molecule has 2 N–H and O–H groups in total. The average molecular weight is 651 g/mol. The molecule has 0 saturated heterocycles. The Morgan fingerprint density at radius 1 is 1.14 bits per heavy atom. The molecule has 0 aliphatic heterocycles. The van der Waals surface area contributed by atoms with Crippen molar-refractivity contribution in [3.63, 3.8) is 0 Å². The van der Waals surface area contributed by atoms with Crippen LogP contribution in [0, 0.1) is 11.3 Å². The molecule has 0 unspecified atom stereocenters. The fourth-order valence-corrected chi connectivity index (χ4v) is 4.94. The van der Waals surface area contributed by atoms with Gasteiger partial charge in [0.25, 0.3) is 0 Å². The maximum absolute atomic E-state index is 13.2. The number of rotatable bonds is 16. The number of nitrogens with zero attached hydrogens (tertiary/aromatic N) is 1. The molecule has 238 valence electrons. The highest BCUT2D eigenvalue weighted by atomic mass is 35.5. The van der Waals surface area contributed by atoms with Crippen molar-refractivity contribution >= 4 is 58.5 Å². The zero-order valence-corrected chi connectivity index (χ0v) is 28.1. The summed E-state index contributed by atoms with van der Waals surface area (Å²) in [6.45, 7) is 17.3. The van der Waals surface area contributed by atoms with Crippen LogP contribution in [0.3, 0.4) is 0 Å². The number of hydrogen-bond donors (Lipinski definition) is 2. The zero-order valence-electron chi connectivity index (χ0n) is 25.8. The molecule has 0 aliphatic carbocycles. The van der Waals surface area contributed by atoms with Gasteiger partial charge in [-0.3, -0.25) is 9.59 Å². The summed E-state index contributed by atoms with van der Waals surface area (Å²) in [6.07, 6.45) is 1.83. The third kappa shape index (κ3) is 13.3. The first-order valence-electron chi connectivity index (χ1n) is 13.9. The second-order valence-electron chi connectivity index (χ2n) is 11.8. The molecular formula is C29H45Cl2N3O7S. The van der Waals surface area contributed by atoms with Crippen LogP contribution in [0.4, 0.5) is 4.79 Å². The zero-order chi connectivity index (χ0) is 32.3. The van der Waals surface area contributed by atoms with Crippen LogP contribution in [0.5, 0.6) is 0 Å². The number of carbonyl (C=O) groups is 4. The van der Waals surface area contributed by atoms with Crippen molar-refractivity contribution in [2.75, 3.05) is 13.2 Å². The van der Waals surface area contributed by atoms with Crippen molar-refractivity contribution in [1.82, 2.24) is 15.6 Å². The van der Waals surface area contributed by atoms with E-state index in [2.05, 4.69) is 22.2 Å². The first kappa shape index (κ1) is 37.7. The highest BCUT2D eigenvalue weighted by molar-refractivity contribution is 7.09. The van der Waals surface area contributed by atoms with Crippen molar-refractivity contribution in [3.8, 4) is 0 Å². The van der Waals surface area contributed by atoms with Crippen molar-refractivity contribution < 1.29 is 33.4 Å². The van der Waals surface area contributed by atoms with Crippen LogP contribution < -0.4 is 10.6 Å². The average Bonchev–Trinajstić information content (AvgIpc) is 3.36. The summed E-state index contributed by atoms with van der Waals surface area (Å²) in [5.41, 5.74) is -1.83. The third-order valence-corrected chi connectivity index (χ3v) is 7.62. The SMILES string of the molecule is C=CCOC(=O)C(C)(C)[C@H](CCCC(C)(Cl)Cl)OC(=O)c1csc([C@@H](NC(=O)CNC(=O)OC(C)(C)C)[C@@H](C)CC)n1. The lowest BCUT2D eigenvalue weighted by atomic mass is 9.83. The standard InChI is InChI=1S/C29H45Cl2N3O7S/c1-10-15-39-25(37)28(7,8)20(13-12-14-29(9,30)31)40-24(36)19-17-42-23(33-19)22(18(3)11-2)34-21(35)16-32-26(38)41-27(4,5)6/h10,17-18,20,22H,1,11-16H2,2-9H3,(H,32,38)(H,34,35)/t18-,20-,22-/m0/s1. The quantitative estimate of drug-likeness (QED) is 0.0895. The number of carbonyl (C=O) groups excluding carboxylic acids is 4. The van der Waals surface area contributed by atoms with Crippen LogP contribution in [-0.2, 0) is 23.8 Å². The Labute approximate surface area is 263 Å². The van der Waals surface area contributed by atoms with Crippen LogP contribution in [0.25, 0.3) is 0 Å². The molecule has 1 heterocycles. The number of ether oxygens (including phenoxy) is 3. The van der Waals surface area contributed by atoms with E-state index in [1.54, 1.807) is 46.9 Å². The van der Waals surface area contributed by atoms with Crippen LogP contribution in [0.15, 0.2) is 18.0 Å². The molecule has 10 nitrogen and oxygen atoms in total. The summed E-state index contributed by atoms with van der Waals surface area (Å²) in [5.74, 6) is -1.72. The highest BCUT2D eigenvalue weighted by Crippen LogP contribution is 2.34. The number of alkyl halides is 2. The maximum Gasteiger partial charge on any atom is 0.408 e. The van der Waals surface area contributed by atoms with E-state index in [4.69, 9.17) is 37.4 Å². The number of nitrogens with one attached hydrogen (secondary N) is 2. The maximum atomic E-state index is 13.2. The Morgan fingerprint density at radius 2 is 1.79 bits per heavy atom. The van der Waals surface area contributed by atoms with E-state index in [-0.39, 0.29) is 24.8 Å². The molecule has 1 aromatic rings. The molecule has 0 spiro atoms. The molecule has 2 amide bonds. The molecular weight excluding hydrogens is 605 g/mol. The van der Waals surface area contributed by atoms with Gasteiger partial charge in [-0.1, -0.05) is 32.9 Å². The van der Waals surface area contributed by atoms with E-state index in [0.717, 1.165) is 0 Å². The predicted molar refractivity (Wildman–Crippen MR) is 165 cm³/mol. The van der Waals surface area contributed by atoms with Gasteiger partial charge < -0.3 is 24.8 Å². The monoisotopic (exact) mass is 649 g/mol. The molecule has 3 atom stereocenters. The molecule has 0 bridgehead atoms. The van der Waals surface area contributed by atoms with Gasteiger partial charge in [-0.2, -0.15) is 0 Å². The number of amides is 2. The molecule has 1 aromatic heterocycles. The molecule has 0 fully saturated rings. The van der Waals surface area contributed by atoms with E-state index in [1.807, 2.05) is 13.8 Å². The fraction of sp³-hybridized carbons (Fsp3) is 0.690. The second kappa shape index (κ2) is 16.5. The molecule has 0 radical (unpaired) electrons. The van der Waals surface area contributed by atoms with E-state index >= 15 is 0 Å². The Balaban J connectivity index is 3.07. The summed E-state index contributed by atoms with van der Waals surface area (Å²) >= 11 is 13.4. The van der Waals surface area contributed by atoms with Crippen LogP contribution >= 0.6 is 34.5 Å². The lowest BCUT2D eigenvalue weighted by Crippen LogP contribution is -2.42. The van der Waals surface area contributed by atoms with Gasteiger partial charge in [-0.25, -0.2) is 14.6 Å². The van der Waals surface area contributed by atoms with Gasteiger partial charge in [0, 0.05) is 5.38 Å². The van der Waals surface area contributed by atoms with Crippen molar-refractivity contribution in [2.24, 2.45) is 11.3 Å². The van der Waals surface area contributed by atoms with Gasteiger partial charge in [0.1, 0.15) is 34.2 Å². The predicted octanol–water partition coefficient (Wildman–Crippen LogP) is 6.52. The lowest BCUT2D eigenvalue weighted by Gasteiger charge is -2.32. The highest BCUT2D eigenvalue weighted by Gasteiger charge is 2.41. The number of aromatic nitrogens is 1. The minimum atomic E-state index is -1.18. The normalized spacial score (nSPS) is 14.2. The molecule has 1 rings (SSSR count). The molecule has 0 aliphatic rings. The summed E-state index contributed by atoms with van der Waals surface area (Å²) < 4.78 is 15.3. The molecule has 13 heteroatoms. The van der Waals surface area contributed by atoms with Crippen molar-refractivity contribution in [2.45, 2.75) is 103 Å². The molecule has 0 saturated carbocycles. The van der Waals surface area contributed by atoms with Gasteiger partial charge in [-0.15, -0.1) is 34.5 Å². The number of thiazole rings is 1. The summed E-state index contributed by atoms with van der Waals surface area (Å²) in [6, 6.07) is -0.513. The van der Waals surface area contributed by atoms with Crippen molar-refractivity contribution in [1.29, 1.82) is 0 Å². The van der Waals surface area contributed by atoms with Gasteiger partial charge in [0.05, 0.1) is 11.5 Å². The molecule has 0 aromatic carbocycles. The van der Waals surface area contributed by atoms with Crippen LogP contribution in [0.2, 0.25) is 0 Å². The Bertz CT molecular complexity index is 1080. The van der Waals surface area contributed by atoms with Crippen LogP contribution in [-0.4, -0.2) is 58.1 Å². The fourth-order valence-electron chi connectivity index (χ4n) is 3.70. The minimum absolute atomic E-state index is 0.0236. The number of esters is 2. The van der Waals surface area contributed by atoms with Crippen molar-refractivity contribution in [3.05, 3.63) is 28.7 Å². The first-order valence-corrected chi connectivity index (χ1v) is 15.5. The third-order valence-electron chi connectivity index (χ3n) is 6.31. The van der Waals surface area contributed by atoms with Gasteiger partial charge in [0.15, 0.2) is 5.69 Å². The Hall–Kier alpha value is -2.37. The van der Waals surface area contributed by atoms with E-state index < -0.39 is 51.4 Å². The Kier molecular flexibility index (Phi) is 14.8. The van der Waals surface area contributed by atoms with Crippen LogP contribution in [0.1, 0.15) is 103 Å². The van der Waals surface area contributed by atoms with E-state index in [9.17, 15) is 19.2 Å². The number of alkyl carbamates (subject to hydrolysis) is 1. The number of halogens is 2. The van der Waals surface area contributed by atoms with E-state index in [1.165, 1.54) is 17.4 Å². The number of hydrogen-bond acceptors (Lipinski definition) is 9. The van der Waals surface area contributed by atoms with Gasteiger partial charge >= 0.3 is 18.0 Å². The molecule has 42 heavy (non-hydrogen) atoms. The second-order valence-corrected chi connectivity index (χ2v) is 14.6. The largest absolute Gasteiger partial charge is 0.461 e. The smallest absolute Gasteiger partial charge is 0.408 e. The van der Waals surface area contributed by atoms with Gasteiger partial charge in [0.2, 0.25) is 5.91 Å². The summed E-state index contributed by atoms with van der Waals surface area (Å²) in [7, 11) is 0. The van der Waals surface area contributed by atoms with Gasteiger partial charge in [-0.05, 0) is 66.7 Å². The lowest BCUT2D eigenvalue weighted by molar-refractivity contribution is -0.159. The Morgan fingerprint density at radius 3 is 2.33 bits per heavy atom. The summed E-state index contributed by atoms with van der Waals surface area (Å²) in [4.78, 5) is 55.1.